The first-order valence-electron chi connectivity index (χ1n) is 7.27. The van der Waals surface area contributed by atoms with Crippen LogP contribution in [0.2, 0.25) is 0 Å². The summed E-state index contributed by atoms with van der Waals surface area (Å²) in [5.41, 5.74) is -2.63. The fraction of sp³-hybridized carbons (Fsp3) is 0.647. The lowest BCUT2D eigenvalue weighted by Crippen LogP contribution is -2.52. The zero-order chi connectivity index (χ0) is 15.5. The van der Waals surface area contributed by atoms with Crippen LogP contribution in [0.4, 0.5) is 0 Å². The number of hydrogen-bond donors (Lipinski definition) is 0. The van der Waals surface area contributed by atoms with Crippen molar-refractivity contribution in [2.24, 2.45) is 27.6 Å². The molecule has 21 heavy (non-hydrogen) atoms. The molecule has 2 atom stereocenters. The van der Waals surface area contributed by atoms with Crippen molar-refractivity contribution < 1.29 is 0 Å². The molecule has 0 aliphatic heterocycles. The predicted molar refractivity (Wildman–Crippen MR) is 73.6 cm³/mol. The molecular formula is C17H16N4. The second kappa shape index (κ2) is 3.67. The van der Waals surface area contributed by atoms with E-state index in [0.717, 1.165) is 24.8 Å². The maximum Gasteiger partial charge on any atom is 0.185 e. The lowest BCUT2D eigenvalue weighted by molar-refractivity contribution is 0.0942. The van der Waals surface area contributed by atoms with Crippen LogP contribution in [0.15, 0.2) is 11.6 Å². The molecule has 0 heterocycles. The summed E-state index contributed by atoms with van der Waals surface area (Å²) in [4.78, 5) is 0. The topological polar surface area (TPSA) is 95.2 Å². The Hall–Kier alpha value is -2.30. The van der Waals surface area contributed by atoms with E-state index < -0.39 is 16.2 Å². The van der Waals surface area contributed by atoms with E-state index in [9.17, 15) is 21.0 Å². The summed E-state index contributed by atoms with van der Waals surface area (Å²) in [6.07, 6.45) is 5.30. The fourth-order valence-electron chi connectivity index (χ4n) is 5.23. The molecule has 3 aliphatic rings. The van der Waals surface area contributed by atoms with E-state index in [-0.39, 0.29) is 11.3 Å². The SMILES string of the molecule is CC1(C)CCCC23CC(C=C12)C(C#N)(C#N)C3(C#N)C#N. The monoisotopic (exact) mass is 276 g/mol. The van der Waals surface area contributed by atoms with Gasteiger partial charge in [-0.3, -0.25) is 0 Å². The van der Waals surface area contributed by atoms with Crippen LogP contribution in [0.3, 0.4) is 0 Å². The molecule has 0 N–H and O–H groups in total. The van der Waals surface area contributed by atoms with E-state index in [1.165, 1.54) is 0 Å². The second-order valence-corrected chi connectivity index (χ2v) is 7.22. The quantitative estimate of drug-likeness (QED) is 0.634. The number of rotatable bonds is 0. The van der Waals surface area contributed by atoms with Crippen molar-refractivity contribution in [1.29, 1.82) is 21.0 Å². The Labute approximate surface area is 124 Å². The molecule has 0 aromatic rings. The molecule has 3 rings (SSSR count). The molecule has 2 fully saturated rings. The first kappa shape index (κ1) is 13.7. The molecule has 0 aromatic heterocycles. The number of nitriles is 4. The summed E-state index contributed by atoms with van der Waals surface area (Å²) in [6.45, 7) is 4.28. The molecule has 2 unspecified atom stereocenters. The van der Waals surface area contributed by atoms with Crippen molar-refractivity contribution in [1.82, 2.24) is 0 Å². The molecule has 4 heteroatoms. The highest BCUT2D eigenvalue weighted by molar-refractivity contribution is 5.54. The molecule has 0 radical (unpaired) electrons. The lowest BCUT2D eigenvalue weighted by Gasteiger charge is -2.51. The van der Waals surface area contributed by atoms with Crippen LogP contribution in [0, 0.1) is 72.9 Å². The molecule has 0 amide bonds. The van der Waals surface area contributed by atoms with Gasteiger partial charge in [0.05, 0.1) is 24.3 Å². The Morgan fingerprint density at radius 3 is 2.14 bits per heavy atom. The van der Waals surface area contributed by atoms with Crippen LogP contribution in [-0.2, 0) is 0 Å². The lowest BCUT2D eigenvalue weighted by atomic mass is 9.46. The molecule has 2 bridgehead atoms. The molecule has 4 nitrogen and oxygen atoms in total. The molecule has 0 saturated heterocycles. The molecule has 104 valence electrons. The van der Waals surface area contributed by atoms with E-state index in [0.29, 0.717) is 6.42 Å². The van der Waals surface area contributed by atoms with Gasteiger partial charge in [-0.25, -0.2) is 0 Å². The van der Waals surface area contributed by atoms with Crippen LogP contribution in [0.1, 0.15) is 39.5 Å². The van der Waals surface area contributed by atoms with Gasteiger partial charge in [-0.1, -0.05) is 31.9 Å². The van der Waals surface area contributed by atoms with Gasteiger partial charge >= 0.3 is 0 Å². The van der Waals surface area contributed by atoms with E-state index in [1.54, 1.807) is 0 Å². The molecule has 3 aliphatic carbocycles. The zero-order valence-electron chi connectivity index (χ0n) is 12.3. The van der Waals surface area contributed by atoms with Gasteiger partial charge in [0.2, 0.25) is 0 Å². The van der Waals surface area contributed by atoms with Crippen molar-refractivity contribution >= 4 is 0 Å². The largest absolute Gasteiger partial charge is 0.196 e. The maximum atomic E-state index is 9.84. The zero-order valence-corrected chi connectivity index (χ0v) is 12.3. The fourth-order valence-corrected chi connectivity index (χ4v) is 5.23. The first-order chi connectivity index (χ1) is 9.89. The number of hydrogen-bond acceptors (Lipinski definition) is 4. The molecular weight excluding hydrogens is 260 g/mol. The summed E-state index contributed by atoms with van der Waals surface area (Å²) < 4.78 is 0. The highest BCUT2D eigenvalue weighted by atomic mass is 14.8. The minimum absolute atomic E-state index is 0.0664. The minimum Gasteiger partial charge on any atom is -0.196 e. The third kappa shape index (κ3) is 1.11. The first-order valence-corrected chi connectivity index (χ1v) is 7.27. The van der Waals surface area contributed by atoms with Gasteiger partial charge < -0.3 is 0 Å². The summed E-state index contributed by atoms with van der Waals surface area (Å²) in [7, 11) is 0. The molecule has 0 aromatic carbocycles. The summed E-state index contributed by atoms with van der Waals surface area (Å²) in [5.74, 6) is -0.306. The Bertz CT molecular complexity index is 688. The summed E-state index contributed by atoms with van der Waals surface area (Å²) in [6, 6.07) is 8.38. The van der Waals surface area contributed by atoms with Gasteiger partial charge in [0.1, 0.15) is 0 Å². The Morgan fingerprint density at radius 1 is 1.00 bits per heavy atom. The standard InChI is InChI=1S/C17H16N4/c1-14(2)4-3-5-15-7-12(6-13(14)15)16(8-18,9-19)17(15,10-20)11-21/h6,12H,3-5,7H2,1-2H3. The van der Waals surface area contributed by atoms with Crippen LogP contribution >= 0.6 is 0 Å². The van der Waals surface area contributed by atoms with Gasteiger partial charge in [-0.15, -0.1) is 0 Å². The Balaban J connectivity index is 2.37. The molecule has 2 saturated carbocycles. The normalized spacial score (nSPS) is 36.3. The van der Waals surface area contributed by atoms with E-state index >= 15 is 0 Å². The predicted octanol–water partition coefficient (Wildman–Crippen LogP) is 3.21. The van der Waals surface area contributed by atoms with Crippen LogP contribution in [0.5, 0.6) is 0 Å². The van der Waals surface area contributed by atoms with Crippen molar-refractivity contribution in [2.45, 2.75) is 39.5 Å². The minimum atomic E-state index is -1.55. The van der Waals surface area contributed by atoms with Gasteiger partial charge in [0.25, 0.3) is 0 Å². The second-order valence-electron chi connectivity index (χ2n) is 7.22. The summed E-state index contributed by atoms with van der Waals surface area (Å²) in [5, 5.41) is 39.0. The highest BCUT2D eigenvalue weighted by Gasteiger charge is 2.79. The van der Waals surface area contributed by atoms with Gasteiger partial charge in [-0.05, 0) is 24.7 Å². The number of fused-ring (bicyclic) bond motifs is 1. The van der Waals surface area contributed by atoms with E-state index in [4.69, 9.17) is 0 Å². The third-order valence-corrected chi connectivity index (χ3v) is 6.14. The van der Waals surface area contributed by atoms with Crippen molar-refractivity contribution in [3.63, 3.8) is 0 Å². The van der Waals surface area contributed by atoms with Crippen LogP contribution in [0.25, 0.3) is 0 Å². The Kier molecular flexibility index (Phi) is 2.39. The maximum absolute atomic E-state index is 9.84. The molecule has 1 spiro atoms. The number of nitrogens with zero attached hydrogens (tertiary/aromatic N) is 4. The van der Waals surface area contributed by atoms with Gasteiger partial charge in [0.15, 0.2) is 10.8 Å². The van der Waals surface area contributed by atoms with E-state index in [1.807, 2.05) is 6.08 Å². The Morgan fingerprint density at radius 2 is 1.62 bits per heavy atom. The van der Waals surface area contributed by atoms with Crippen molar-refractivity contribution in [3.8, 4) is 24.3 Å². The van der Waals surface area contributed by atoms with E-state index in [2.05, 4.69) is 38.1 Å². The van der Waals surface area contributed by atoms with Crippen molar-refractivity contribution in [3.05, 3.63) is 11.6 Å². The third-order valence-electron chi connectivity index (χ3n) is 6.14. The van der Waals surface area contributed by atoms with Crippen LogP contribution < -0.4 is 0 Å². The average molecular weight is 276 g/mol. The van der Waals surface area contributed by atoms with Crippen molar-refractivity contribution in [2.75, 3.05) is 0 Å². The summed E-state index contributed by atoms with van der Waals surface area (Å²) >= 11 is 0. The smallest absolute Gasteiger partial charge is 0.185 e. The average Bonchev–Trinajstić information content (AvgIpc) is 2.96. The van der Waals surface area contributed by atoms with Gasteiger partial charge in [0, 0.05) is 11.3 Å². The van der Waals surface area contributed by atoms with Gasteiger partial charge in [-0.2, -0.15) is 21.0 Å². The van der Waals surface area contributed by atoms with Crippen LogP contribution in [-0.4, -0.2) is 0 Å². The highest BCUT2D eigenvalue weighted by Crippen LogP contribution is 2.77. The number of allylic oxidation sites excluding steroid dienone is 2.